The van der Waals surface area contributed by atoms with Crippen LogP contribution < -0.4 is 14.4 Å². The lowest BCUT2D eigenvalue weighted by atomic mass is 10.2. The smallest absolute Gasteiger partial charge is 0.231 e. The van der Waals surface area contributed by atoms with E-state index in [0.29, 0.717) is 5.82 Å². The van der Waals surface area contributed by atoms with E-state index in [1.807, 2.05) is 54.5 Å². The van der Waals surface area contributed by atoms with Crippen LogP contribution in [0, 0.1) is 0 Å². The topological polar surface area (TPSA) is 60.4 Å². The number of hydrogen-bond donors (Lipinski definition) is 0. The van der Waals surface area contributed by atoms with Crippen molar-refractivity contribution in [3.8, 4) is 33.3 Å². The number of fused-ring (bicyclic) bond motifs is 1. The largest absolute Gasteiger partial charge is 0.454 e. The molecule has 28 heavy (non-hydrogen) atoms. The van der Waals surface area contributed by atoms with Crippen molar-refractivity contribution in [2.24, 2.45) is 0 Å². The molecule has 0 atom stereocenters. The first-order valence-corrected chi connectivity index (χ1v) is 9.62. The molecule has 1 aliphatic heterocycles. The molecule has 0 saturated heterocycles. The van der Waals surface area contributed by atoms with E-state index in [-0.39, 0.29) is 6.79 Å². The molecule has 0 saturated carbocycles. The summed E-state index contributed by atoms with van der Waals surface area (Å²) in [6, 6.07) is 13.8. The number of anilines is 2. The second-order valence-corrected chi connectivity index (χ2v) is 7.19. The zero-order valence-electron chi connectivity index (χ0n) is 15.1. The van der Waals surface area contributed by atoms with E-state index in [9.17, 15) is 0 Å². The Morgan fingerprint density at radius 3 is 2.79 bits per heavy atom. The Kier molecular flexibility index (Phi) is 4.14. The van der Waals surface area contributed by atoms with Gasteiger partial charge in [0.15, 0.2) is 17.3 Å². The molecule has 138 valence electrons. The number of benzene rings is 1. The quantitative estimate of drug-likeness (QED) is 0.502. The fourth-order valence-corrected chi connectivity index (χ4v) is 3.82. The van der Waals surface area contributed by atoms with Crippen molar-refractivity contribution >= 4 is 22.8 Å². The molecule has 0 spiro atoms. The van der Waals surface area contributed by atoms with Gasteiger partial charge < -0.3 is 14.4 Å². The first-order valence-electron chi connectivity index (χ1n) is 8.74. The number of rotatable bonds is 4. The van der Waals surface area contributed by atoms with E-state index in [0.717, 1.165) is 39.0 Å². The summed E-state index contributed by atoms with van der Waals surface area (Å²) >= 11 is 1.66. The molecule has 0 radical (unpaired) electrons. The van der Waals surface area contributed by atoms with Crippen molar-refractivity contribution in [2.45, 2.75) is 0 Å². The third-order valence-corrected chi connectivity index (χ3v) is 5.44. The van der Waals surface area contributed by atoms with Crippen LogP contribution in [-0.4, -0.2) is 28.8 Å². The van der Waals surface area contributed by atoms with E-state index in [2.05, 4.69) is 21.4 Å². The predicted molar refractivity (Wildman–Crippen MR) is 109 cm³/mol. The Balaban J connectivity index is 1.63. The fraction of sp³-hybridized carbons (Fsp3) is 0.0952. The van der Waals surface area contributed by atoms with Crippen LogP contribution in [0.5, 0.6) is 11.5 Å². The Morgan fingerprint density at radius 2 is 1.96 bits per heavy atom. The van der Waals surface area contributed by atoms with Gasteiger partial charge in [-0.25, -0.2) is 9.97 Å². The number of thiophene rings is 1. The van der Waals surface area contributed by atoms with Crippen molar-refractivity contribution in [3.63, 3.8) is 0 Å². The molecule has 0 bridgehead atoms. The average molecular weight is 388 g/mol. The van der Waals surface area contributed by atoms with E-state index < -0.39 is 0 Å². The summed E-state index contributed by atoms with van der Waals surface area (Å²) in [5.74, 6) is 2.95. The Labute approximate surface area is 166 Å². The highest BCUT2D eigenvalue weighted by atomic mass is 32.1. The molecule has 0 unspecified atom stereocenters. The normalized spacial score (nSPS) is 12.2. The molecular formula is C21H16N4O2S. The maximum Gasteiger partial charge on any atom is 0.231 e. The molecule has 1 aliphatic rings. The summed E-state index contributed by atoms with van der Waals surface area (Å²) in [4.78, 5) is 16.8. The minimum absolute atomic E-state index is 0.252. The summed E-state index contributed by atoms with van der Waals surface area (Å²) in [6.07, 6.45) is 5.38. The molecule has 0 fully saturated rings. The van der Waals surface area contributed by atoms with Gasteiger partial charge in [0.25, 0.3) is 0 Å². The number of hydrogen-bond acceptors (Lipinski definition) is 7. The highest BCUT2D eigenvalue weighted by Gasteiger charge is 2.19. The Bertz CT molecular complexity index is 1120. The second-order valence-electron chi connectivity index (χ2n) is 6.25. The summed E-state index contributed by atoms with van der Waals surface area (Å²) in [7, 11) is 1.99. The molecule has 3 aromatic heterocycles. The molecule has 0 aliphatic carbocycles. The summed E-state index contributed by atoms with van der Waals surface area (Å²) in [5.41, 5.74) is 2.81. The van der Waals surface area contributed by atoms with Gasteiger partial charge in [0, 0.05) is 47.8 Å². The van der Waals surface area contributed by atoms with Crippen molar-refractivity contribution in [1.29, 1.82) is 0 Å². The third kappa shape index (κ3) is 2.95. The van der Waals surface area contributed by atoms with Gasteiger partial charge in [0.2, 0.25) is 6.79 Å². The van der Waals surface area contributed by atoms with Gasteiger partial charge in [0.1, 0.15) is 5.82 Å². The van der Waals surface area contributed by atoms with E-state index in [1.54, 1.807) is 23.7 Å². The Hall–Kier alpha value is -3.45. The first kappa shape index (κ1) is 16.7. The number of pyridine rings is 1. The van der Waals surface area contributed by atoms with Gasteiger partial charge in [-0.3, -0.25) is 4.98 Å². The van der Waals surface area contributed by atoms with Crippen molar-refractivity contribution in [3.05, 3.63) is 66.4 Å². The molecule has 0 amide bonds. The van der Waals surface area contributed by atoms with Crippen LogP contribution in [0.25, 0.3) is 21.8 Å². The summed E-state index contributed by atoms with van der Waals surface area (Å²) in [6.45, 7) is 0.252. The highest BCUT2D eigenvalue weighted by molar-refractivity contribution is 7.13. The van der Waals surface area contributed by atoms with Crippen LogP contribution >= 0.6 is 11.3 Å². The molecule has 4 aromatic rings. The minimum Gasteiger partial charge on any atom is -0.454 e. The van der Waals surface area contributed by atoms with E-state index in [4.69, 9.17) is 14.5 Å². The minimum atomic E-state index is 0.252. The van der Waals surface area contributed by atoms with Gasteiger partial charge >= 0.3 is 0 Å². The van der Waals surface area contributed by atoms with Crippen molar-refractivity contribution < 1.29 is 9.47 Å². The lowest BCUT2D eigenvalue weighted by Gasteiger charge is -2.22. The van der Waals surface area contributed by atoms with E-state index in [1.165, 1.54) is 0 Å². The molecule has 0 N–H and O–H groups in total. The molecular weight excluding hydrogens is 372 g/mol. The fourth-order valence-electron chi connectivity index (χ4n) is 3.08. The number of aromatic nitrogens is 3. The van der Waals surface area contributed by atoms with Gasteiger partial charge in [-0.05, 0) is 35.7 Å². The number of nitrogens with zero attached hydrogens (tertiary/aromatic N) is 4. The Morgan fingerprint density at radius 1 is 1.04 bits per heavy atom. The highest BCUT2D eigenvalue weighted by Crippen LogP contribution is 2.40. The molecule has 5 rings (SSSR count). The van der Waals surface area contributed by atoms with E-state index >= 15 is 0 Å². The van der Waals surface area contributed by atoms with Crippen LogP contribution in [0.4, 0.5) is 11.5 Å². The van der Waals surface area contributed by atoms with Gasteiger partial charge in [-0.2, -0.15) is 0 Å². The summed E-state index contributed by atoms with van der Waals surface area (Å²) < 4.78 is 11.0. The molecule has 7 heteroatoms. The van der Waals surface area contributed by atoms with Gasteiger partial charge in [0.05, 0.1) is 5.56 Å². The van der Waals surface area contributed by atoms with Crippen LogP contribution in [0.2, 0.25) is 0 Å². The average Bonchev–Trinajstić information content (AvgIpc) is 3.45. The maximum absolute atomic E-state index is 5.53. The zero-order valence-corrected chi connectivity index (χ0v) is 15.9. The first-order chi connectivity index (χ1) is 13.8. The summed E-state index contributed by atoms with van der Waals surface area (Å²) in [5, 5.41) is 2.05. The van der Waals surface area contributed by atoms with Crippen molar-refractivity contribution in [1.82, 2.24) is 15.0 Å². The predicted octanol–water partition coefficient (Wildman–Crippen LogP) is 4.76. The van der Waals surface area contributed by atoms with Crippen LogP contribution in [0.1, 0.15) is 0 Å². The lowest BCUT2D eigenvalue weighted by Crippen LogP contribution is -2.13. The van der Waals surface area contributed by atoms with Crippen LogP contribution in [0.15, 0.2) is 66.4 Å². The second kappa shape index (κ2) is 6.94. The van der Waals surface area contributed by atoms with Gasteiger partial charge in [-0.15, -0.1) is 11.3 Å². The molecule has 4 heterocycles. The standard InChI is InChI=1S/C21H16N4O2S/c1-25(15-6-7-17-18(10-15)27-13-26-17)21-16(19-5-3-9-28-19)12-23-20(24-21)14-4-2-8-22-11-14/h2-12H,13H2,1H3. The SMILES string of the molecule is CN(c1ccc2c(c1)OCO2)c1nc(-c2cccnc2)ncc1-c1cccs1. The number of ether oxygens (including phenoxy) is 2. The van der Waals surface area contributed by atoms with Gasteiger partial charge in [-0.1, -0.05) is 6.07 Å². The van der Waals surface area contributed by atoms with Crippen LogP contribution in [-0.2, 0) is 0 Å². The maximum atomic E-state index is 5.53. The lowest BCUT2D eigenvalue weighted by molar-refractivity contribution is 0.174. The molecule has 1 aromatic carbocycles. The van der Waals surface area contributed by atoms with Crippen LogP contribution in [0.3, 0.4) is 0 Å². The zero-order chi connectivity index (χ0) is 18.9. The third-order valence-electron chi connectivity index (χ3n) is 4.54. The molecule has 6 nitrogen and oxygen atoms in total. The van der Waals surface area contributed by atoms with Crippen molar-refractivity contribution in [2.75, 3.05) is 18.7 Å². The monoisotopic (exact) mass is 388 g/mol.